The van der Waals surface area contributed by atoms with Gasteiger partial charge in [-0.1, -0.05) is 39.0 Å². The molecule has 8 heteroatoms. The van der Waals surface area contributed by atoms with Crippen molar-refractivity contribution in [3.8, 4) is 23.0 Å². The predicted octanol–water partition coefficient (Wildman–Crippen LogP) is 6.02. The van der Waals surface area contributed by atoms with E-state index in [-0.39, 0.29) is 23.3 Å². The van der Waals surface area contributed by atoms with E-state index in [1.807, 2.05) is 31.2 Å². The number of ether oxygens (including phenoxy) is 5. The standard InChI is InChI=1S/C30H35NO7/c1-8-37-24-14-13-19(15-20(24)18-38-25-12-10-9-11-22(25)30(2,3)4)28(32)31-23-17-27(35-6)26(34-5)16-21(23)29(33)36-7/h9-17H,8,18H2,1-7H3,(H,31,32). The molecule has 1 N–H and O–H groups in total. The summed E-state index contributed by atoms with van der Waals surface area (Å²) in [5.41, 5.74) is 2.41. The average molecular weight is 522 g/mol. The minimum Gasteiger partial charge on any atom is -0.493 e. The number of esters is 1. The Labute approximate surface area is 223 Å². The molecule has 0 heterocycles. The van der Waals surface area contributed by atoms with E-state index in [0.717, 1.165) is 11.3 Å². The molecule has 0 aliphatic rings. The van der Waals surface area contributed by atoms with Gasteiger partial charge in [-0.15, -0.1) is 0 Å². The van der Waals surface area contributed by atoms with Crippen LogP contribution in [0.25, 0.3) is 0 Å². The second kappa shape index (κ2) is 12.4. The van der Waals surface area contributed by atoms with E-state index in [9.17, 15) is 9.59 Å². The van der Waals surface area contributed by atoms with Gasteiger partial charge in [0, 0.05) is 23.3 Å². The van der Waals surface area contributed by atoms with Crippen molar-refractivity contribution in [1.29, 1.82) is 0 Å². The summed E-state index contributed by atoms with van der Waals surface area (Å²) in [6, 6.07) is 16.0. The lowest BCUT2D eigenvalue weighted by atomic mass is 9.86. The third kappa shape index (κ3) is 6.56. The smallest absolute Gasteiger partial charge is 0.340 e. The van der Waals surface area contributed by atoms with E-state index < -0.39 is 11.9 Å². The van der Waals surface area contributed by atoms with Crippen LogP contribution in [0.3, 0.4) is 0 Å². The van der Waals surface area contributed by atoms with Crippen LogP contribution in [0.2, 0.25) is 0 Å². The van der Waals surface area contributed by atoms with Crippen molar-refractivity contribution in [3.05, 3.63) is 76.9 Å². The van der Waals surface area contributed by atoms with Crippen LogP contribution in [0.15, 0.2) is 54.6 Å². The fraction of sp³-hybridized carbons (Fsp3) is 0.333. The number of benzene rings is 3. The first-order chi connectivity index (χ1) is 18.1. The molecule has 8 nitrogen and oxygen atoms in total. The molecule has 0 saturated carbocycles. The van der Waals surface area contributed by atoms with Crippen molar-refractivity contribution in [1.82, 2.24) is 0 Å². The molecular weight excluding hydrogens is 486 g/mol. The molecule has 1 amide bonds. The molecular formula is C30H35NO7. The molecule has 3 aromatic rings. The first kappa shape index (κ1) is 28.4. The fourth-order valence-corrected chi connectivity index (χ4v) is 3.95. The Balaban J connectivity index is 1.93. The maximum atomic E-state index is 13.3. The van der Waals surface area contributed by atoms with Gasteiger partial charge in [0.05, 0.1) is 39.2 Å². The summed E-state index contributed by atoms with van der Waals surface area (Å²) in [5.74, 6) is 1.03. The number of amides is 1. The summed E-state index contributed by atoms with van der Waals surface area (Å²) in [5, 5.41) is 2.79. The quantitative estimate of drug-likeness (QED) is 0.326. The van der Waals surface area contributed by atoms with Crippen LogP contribution in [0.4, 0.5) is 5.69 Å². The van der Waals surface area contributed by atoms with Crippen LogP contribution >= 0.6 is 0 Å². The van der Waals surface area contributed by atoms with E-state index in [2.05, 4.69) is 26.1 Å². The highest BCUT2D eigenvalue weighted by molar-refractivity contribution is 6.08. The number of carbonyl (C=O) groups excluding carboxylic acids is 2. The molecule has 0 saturated heterocycles. The van der Waals surface area contributed by atoms with Gasteiger partial charge in [0.25, 0.3) is 5.91 Å². The second-order valence-corrected chi connectivity index (χ2v) is 9.49. The number of hydrogen-bond acceptors (Lipinski definition) is 7. The number of nitrogens with one attached hydrogen (secondary N) is 1. The Hall–Kier alpha value is -4.20. The van der Waals surface area contributed by atoms with E-state index >= 15 is 0 Å². The zero-order valence-corrected chi connectivity index (χ0v) is 23.0. The van der Waals surface area contributed by atoms with E-state index in [4.69, 9.17) is 23.7 Å². The van der Waals surface area contributed by atoms with Gasteiger partial charge in [-0.25, -0.2) is 4.79 Å². The van der Waals surface area contributed by atoms with Crippen molar-refractivity contribution in [2.24, 2.45) is 0 Å². The molecule has 0 aromatic heterocycles. The van der Waals surface area contributed by atoms with Gasteiger partial charge < -0.3 is 29.0 Å². The fourth-order valence-electron chi connectivity index (χ4n) is 3.95. The Morgan fingerprint density at radius 2 is 1.50 bits per heavy atom. The van der Waals surface area contributed by atoms with Gasteiger partial charge in [-0.2, -0.15) is 0 Å². The molecule has 0 aliphatic heterocycles. The molecule has 0 fully saturated rings. The number of hydrogen-bond donors (Lipinski definition) is 1. The highest BCUT2D eigenvalue weighted by atomic mass is 16.5. The van der Waals surface area contributed by atoms with Crippen molar-refractivity contribution in [3.63, 3.8) is 0 Å². The Kier molecular flexibility index (Phi) is 9.23. The van der Waals surface area contributed by atoms with E-state index in [0.29, 0.717) is 35.0 Å². The van der Waals surface area contributed by atoms with Gasteiger partial charge in [-0.3, -0.25) is 4.79 Å². The van der Waals surface area contributed by atoms with E-state index in [1.54, 1.807) is 18.2 Å². The largest absolute Gasteiger partial charge is 0.493 e. The highest BCUT2D eigenvalue weighted by Crippen LogP contribution is 2.35. The molecule has 0 aliphatic carbocycles. The minimum atomic E-state index is -0.625. The van der Waals surface area contributed by atoms with Gasteiger partial charge in [0.2, 0.25) is 0 Å². The summed E-state index contributed by atoms with van der Waals surface area (Å²) >= 11 is 0. The normalized spacial score (nSPS) is 10.9. The van der Waals surface area contributed by atoms with Crippen LogP contribution in [-0.4, -0.2) is 39.8 Å². The van der Waals surface area contributed by atoms with Crippen LogP contribution in [0.1, 0.15) is 59.5 Å². The molecule has 0 radical (unpaired) electrons. The number of methoxy groups -OCH3 is 3. The maximum absolute atomic E-state index is 13.3. The molecule has 202 valence electrons. The topological polar surface area (TPSA) is 92.3 Å². The lowest BCUT2D eigenvalue weighted by molar-refractivity contribution is 0.0601. The van der Waals surface area contributed by atoms with Crippen molar-refractivity contribution >= 4 is 17.6 Å². The highest BCUT2D eigenvalue weighted by Gasteiger charge is 2.21. The third-order valence-corrected chi connectivity index (χ3v) is 5.88. The third-order valence-electron chi connectivity index (χ3n) is 5.88. The lowest BCUT2D eigenvalue weighted by Crippen LogP contribution is -2.17. The lowest BCUT2D eigenvalue weighted by Gasteiger charge is -2.23. The van der Waals surface area contributed by atoms with Gasteiger partial charge in [0.1, 0.15) is 18.1 Å². The van der Waals surface area contributed by atoms with Crippen LogP contribution in [-0.2, 0) is 16.8 Å². The van der Waals surface area contributed by atoms with Gasteiger partial charge in [0.15, 0.2) is 11.5 Å². The van der Waals surface area contributed by atoms with Crippen molar-refractivity contribution in [2.45, 2.75) is 39.7 Å². The second-order valence-electron chi connectivity index (χ2n) is 9.49. The molecule has 3 aromatic carbocycles. The number of anilines is 1. The molecule has 0 spiro atoms. The summed E-state index contributed by atoms with van der Waals surface area (Å²) in [6.07, 6.45) is 0. The summed E-state index contributed by atoms with van der Waals surface area (Å²) in [6.45, 7) is 8.94. The first-order valence-electron chi connectivity index (χ1n) is 12.3. The van der Waals surface area contributed by atoms with E-state index in [1.165, 1.54) is 33.5 Å². The number of carbonyl (C=O) groups is 2. The molecule has 38 heavy (non-hydrogen) atoms. The Bertz CT molecular complexity index is 1290. The minimum absolute atomic E-state index is 0.0994. The molecule has 0 unspecified atom stereocenters. The average Bonchev–Trinajstić information content (AvgIpc) is 2.91. The molecule has 0 bridgehead atoms. The zero-order valence-electron chi connectivity index (χ0n) is 23.0. The first-order valence-corrected chi connectivity index (χ1v) is 12.3. The predicted molar refractivity (Wildman–Crippen MR) is 146 cm³/mol. The number of rotatable bonds is 10. The summed E-state index contributed by atoms with van der Waals surface area (Å²) < 4.78 is 27.5. The van der Waals surface area contributed by atoms with Crippen LogP contribution < -0.4 is 24.3 Å². The van der Waals surface area contributed by atoms with Crippen LogP contribution in [0, 0.1) is 0 Å². The Morgan fingerprint density at radius 3 is 2.13 bits per heavy atom. The molecule has 0 atom stereocenters. The number of para-hydroxylation sites is 1. The van der Waals surface area contributed by atoms with Crippen molar-refractivity contribution < 1.29 is 33.3 Å². The van der Waals surface area contributed by atoms with Crippen LogP contribution in [0.5, 0.6) is 23.0 Å². The van der Waals surface area contributed by atoms with Gasteiger partial charge in [-0.05, 0) is 42.2 Å². The summed E-state index contributed by atoms with van der Waals surface area (Å²) in [7, 11) is 4.19. The van der Waals surface area contributed by atoms with Crippen molar-refractivity contribution in [2.75, 3.05) is 33.3 Å². The monoisotopic (exact) mass is 521 g/mol. The SMILES string of the molecule is CCOc1ccc(C(=O)Nc2cc(OC)c(OC)cc2C(=O)OC)cc1COc1ccccc1C(C)(C)C. The zero-order chi connectivity index (χ0) is 27.9. The maximum Gasteiger partial charge on any atom is 0.340 e. The summed E-state index contributed by atoms with van der Waals surface area (Å²) in [4.78, 5) is 25.7. The molecule has 3 rings (SSSR count). The Morgan fingerprint density at radius 1 is 0.816 bits per heavy atom. The van der Waals surface area contributed by atoms with Gasteiger partial charge >= 0.3 is 5.97 Å².